The van der Waals surface area contributed by atoms with Gasteiger partial charge in [-0.15, -0.1) is 0 Å². The molecule has 1 aliphatic rings. The van der Waals surface area contributed by atoms with E-state index in [2.05, 4.69) is 15.3 Å². The third-order valence-electron chi connectivity index (χ3n) is 3.26. The molecule has 18 heavy (non-hydrogen) atoms. The summed E-state index contributed by atoms with van der Waals surface area (Å²) in [5.41, 5.74) is 5.77. The third kappa shape index (κ3) is 3.32. The number of rotatable bonds is 5. The minimum atomic E-state index is 0.121. The van der Waals surface area contributed by atoms with Crippen LogP contribution < -0.4 is 15.8 Å². The van der Waals surface area contributed by atoms with Gasteiger partial charge in [0.15, 0.2) is 0 Å². The zero-order valence-electron chi connectivity index (χ0n) is 11.1. The Morgan fingerprint density at radius 2 is 2.33 bits per heavy atom. The van der Waals surface area contributed by atoms with Crippen molar-refractivity contribution in [2.75, 3.05) is 11.9 Å². The number of nitrogens with two attached hydrogens (primary N) is 1. The molecule has 0 saturated heterocycles. The molecule has 100 valence electrons. The summed E-state index contributed by atoms with van der Waals surface area (Å²) >= 11 is 0. The summed E-state index contributed by atoms with van der Waals surface area (Å²) in [7, 11) is 0. The van der Waals surface area contributed by atoms with Gasteiger partial charge in [-0.05, 0) is 39.2 Å². The van der Waals surface area contributed by atoms with E-state index >= 15 is 0 Å². The van der Waals surface area contributed by atoms with E-state index in [1.807, 2.05) is 13.8 Å². The Morgan fingerprint density at radius 1 is 1.50 bits per heavy atom. The highest BCUT2D eigenvalue weighted by atomic mass is 16.5. The largest absolute Gasteiger partial charge is 0.475 e. The maximum absolute atomic E-state index is 5.77. The SMILES string of the molecule is CC(C)Oc1ccnc(NC2CCCC2CN)n1. The average Bonchev–Trinajstić information content (AvgIpc) is 2.76. The summed E-state index contributed by atoms with van der Waals surface area (Å²) in [6.45, 7) is 4.69. The predicted octanol–water partition coefficient (Wildman–Crippen LogP) is 1.80. The molecule has 0 radical (unpaired) electrons. The van der Waals surface area contributed by atoms with Gasteiger partial charge in [0.25, 0.3) is 0 Å². The van der Waals surface area contributed by atoms with Gasteiger partial charge in [-0.25, -0.2) is 4.98 Å². The van der Waals surface area contributed by atoms with Gasteiger partial charge in [-0.2, -0.15) is 4.98 Å². The van der Waals surface area contributed by atoms with Crippen LogP contribution in [0, 0.1) is 5.92 Å². The highest BCUT2D eigenvalue weighted by Crippen LogP contribution is 2.27. The van der Waals surface area contributed by atoms with E-state index < -0.39 is 0 Å². The number of hydrogen-bond acceptors (Lipinski definition) is 5. The Labute approximate surface area is 108 Å². The van der Waals surface area contributed by atoms with Gasteiger partial charge >= 0.3 is 0 Å². The van der Waals surface area contributed by atoms with Crippen LogP contribution in [0.5, 0.6) is 5.88 Å². The van der Waals surface area contributed by atoms with Crippen molar-refractivity contribution < 1.29 is 4.74 Å². The first-order valence-corrected chi connectivity index (χ1v) is 6.65. The summed E-state index contributed by atoms with van der Waals surface area (Å²) < 4.78 is 5.56. The van der Waals surface area contributed by atoms with Crippen LogP contribution in [-0.2, 0) is 0 Å². The standard InChI is InChI=1S/C13H22N4O/c1-9(2)18-12-6-7-15-13(17-12)16-11-5-3-4-10(11)8-14/h6-7,9-11H,3-5,8,14H2,1-2H3,(H,15,16,17). The van der Waals surface area contributed by atoms with Gasteiger partial charge in [0.1, 0.15) is 0 Å². The Morgan fingerprint density at radius 3 is 3.06 bits per heavy atom. The second kappa shape index (κ2) is 6.00. The quantitative estimate of drug-likeness (QED) is 0.833. The van der Waals surface area contributed by atoms with Crippen molar-refractivity contribution in [3.05, 3.63) is 12.3 Å². The van der Waals surface area contributed by atoms with Gasteiger partial charge < -0.3 is 15.8 Å². The minimum absolute atomic E-state index is 0.121. The van der Waals surface area contributed by atoms with E-state index in [1.54, 1.807) is 12.3 Å². The first-order valence-electron chi connectivity index (χ1n) is 6.65. The van der Waals surface area contributed by atoms with Crippen LogP contribution in [0.2, 0.25) is 0 Å². The molecule has 2 rings (SSSR count). The summed E-state index contributed by atoms with van der Waals surface area (Å²) in [5, 5.41) is 3.37. The van der Waals surface area contributed by atoms with Crippen LogP contribution in [0.15, 0.2) is 12.3 Å². The highest BCUT2D eigenvalue weighted by molar-refractivity contribution is 5.29. The molecule has 0 bridgehead atoms. The Balaban J connectivity index is 2.00. The predicted molar refractivity (Wildman–Crippen MR) is 71.6 cm³/mol. The van der Waals surface area contributed by atoms with Crippen LogP contribution in [-0.4, -0.2) is 28.7 Å². The smallest absolute Gasteiger partial charge is 0.226 e. The van der Waals surface area contributed by atoms with E-state index in [0.29, 0.717) is 23.8 Å². The number of aromatic nitrogens is 2. The fraction of sp³-hybridized carbons (Fsp3) is 0.692. The van der Waals surface area contributed by atoms with E-state index in [-0.39, 0.29) is 6.10 Å². The first-order chi connectivity index (χ1) is 8.69. The van der Waals surface area contributed by atoms with E-state index in [0.717, 1.165) is 13.0 Å². The van der Waals surface area contributed by atoms with E-state index in [1.165, 1.54) is 12.8 Å². The van der Waals surface area contributed by atoms with Gasteiger partial charge in [0.2, 0.25) is 11.8 Å². The summed E-state index contributed by atoms with van der Waals surface area (Å²) in [6.07, 6.45) is 5.40. The molecule has 1 saturated carbocycles. The molecule has 2 unspecified atom stereocenters. The van der Waals surface area contributed by atoms with Crippen molar-refractivity contribution in [1.29, 1.82) is 0 Å². The Hall–Kier alpha value is -1.36. The van der Waals surface area contributed by atoms with Gasteiger partial charge in [-0.1, -0.05) is 6.42 Å². The molecular formula is C13H22N4O. The van der Waals surface area contributed by atoms with E-state index in [4.69, 9.17) is 10.5 Å². The molecule has 0 aromatic carbocycles. The molecule has 1 fully saturated rings. The lowest BCUT2D eigenvalue weighted by Crippen LogP contribution is -2.30. The Kier molecular flexibility index (Phi) is 4.36. The molecule has 2 atom stereocenters. The first kappa shape index (κ1) is 13.1. The number of ether oxygens (including phenoxy) is 1. The molecule has 0 aliphatic heterocycles. The lowest BCUT2D eigenvalue weighted by Gasteiger charge is -2.19. The lowest BCUT2D eigenvalue weighted by atomic mass is 10.0. The summed E-state index contributed by atoms with van der Waals surface area (Å²) in [6, 6.07) is 2.17. The van der Waals surface area contributed by atoms with Crippen molar-refractivity contribution in [2.45, 2.75) is 45.3 Å². The Bertz CT molecular complexity index is 383. The van der Waals surface area contributed by atoms with Crippen molar-refractivity contribution in [3.8, 4) is 5.88 Å². The third-order valence-corrected chi connectivity index (χ3v) is 3.26. The zero-order valence-corrected chi connectivity index (χ0v) is 11.1. The molecule has 1 aromatic rings. The molecule has 3 N–H and O–H groups in total. The molecule has 5 heteroatoms. The molecule has 0 amide bonds. The fourth-order valence-corrected chi connectivity index (χ4v) is 2.39. The van der Waals surface area contributed by atoms with Crippen LogP contribution in [0.25, 0.3) is 0 Å². The van der Waals surface area contributed by atoms with Gasteiger partial charge in [0.05, 0.1) is 6.10 Å². The lowest BCUT2D eigenvalue weighted by molar-refractivity contribution is 0.232. The second-order valence-electron chi connectivity index (χ2n) is 5.06. The van der Waals surface area contributed by atoms with Crippen LogP contribution >= 0.6 is 0 Å². The molecule has 0 spiro atoms. The molecular weight excluding hydrogens is 228 g/mol. The van der Waals surface area contributed by atoms with Crippen molar-refractivity contribution in [1.82, 2.24) is 9.97 Å². The molecule has 1 heterocycles. The zero-order chi connectivity index (χ0) is 13.0. The summed E-state index contributed by atoms with van der Waals surface area (Å²) in [5.74, 6) is 1.78. The van der Waals surface area contributed by atoms with Crippen LogP contribution in [0.3, 0.4) is 0 Å². The normalized spacial score (nSPS) is 23.3. The second-order valence-corrected chi connectivity index (χ2v) is 5.06. The van der Waals surface area contributed by atoms with E-state index in [9.17, 15) is 0 Å². The maximum Gasteiger partial charge on any atom is 0.226 e. The number of anilines is 1. The average molecular weight is 250 g/mol. The van der Waals surface area contributed by atoms with Crippen LogP contribution in [0.4, 0.5) is 5.95 Å². The molecule has 1 aliphatic carbocycles. The van der Waals surface area contributed by atoms with Gasteiger partial charge in [-0.3, -0.25) is 0 Å². The van der Waals surface area contributed by atoms with Crippen molar-refractivity contribution in [2.24, 2.45) is 11.7 Å². The van der Waals surface area contributed by atoms with Gasteiger partial charge in [0, 0.05) is 18.3 Å². The minimum Gasteiger partial charge on any atom is -0.475 e. The summed E-state index contributed by atoms with van der Waals surface area (Å²) in [4.78, 5) is 8.60. The maximum atomic E-state index is 5.77. The number of hydrogen-bond donors (Lipinski definition) is 2. The topological polar surface area (TPSA) is 73.1 Å². The number of nitrogens with one attached hydrogen (secondary N) is 1. The monoisotopic (exact) mass is 250 g/mol. The molecule has 5 nitrogen and oxygen atoms in total. The van der Waals surface area contributed by atoms with Crippen molar-refractivity contribution in [3.63, 3.8) is 0 Å². The van der Waals surface area contributed by atoms with Crippen LogP contribution in [0.1, 0.15) is 33.1 Å². The van der Waals surface area contributed by atoms with Crippen molar-refractivity contribution >= 4 is 5.95 Å². The number of nitrogens with zero attached hydrogens (tertiary/aromatic N) is 2. The fourth-order valence-electron chi connectivity index (χ4n) is 2.39. The molecule has 1 aromatic heterocycles. The highest BCUT2D eigenvalue weighted by Gasteiger charge is 2.26.